The van der Waals surface area contributed by atoms with Crippen molar-refractivity contribution in [1.29, 1.82) is 0 Å². The number of benzene rings is 1. The highest BCUT2D eigenvalue weighted by molar-refractivity contribution is 6.06. The van der Waals surface area contributed by atoms with E-state index in [1.807, 2.05) is 18.2 Å². The van der Waals surface area contributed by atoms with Gasteiger partial charge in [0.05, 0.1) is 17.9 Å². The van der Waals surface area contributed by atoms with Gasteiger partial charge in [0.2, 0.25) is 11.8 Å². The Kier molecular flexibility index (Phi) is 3.33. The van der Waals surface area contributed by atoms with E-state index in [0.29, 0.717) is 12.0 Å². The van der Waals surface area contributed by atoms with Gasteiger partial charge in [0, 0.05) is 12.6 Å². The molecule has 0 radical (unpaired) electrons. The first-order valence-corrected chi connectivity index (χ1v) is 6.93. The molecule has 5 nitrogen and oxygen atoms in total. The van der Waals surface area contributed by atoms with E-state index in [9.17, 15) is 14.4 Å². The van der Waals surface area contributed by atoms with E-state index in [0.717, 1.165) is 0 Å². The number of hydrogen-bond acceptors (Lipinski definition) is 3. The molecule has 5 heteroatoms. The van der Waals surface area contributed by atoms with Crippen molar-refractivity contribution >= 4 is 17.7 Å². The lowest BCUT2D eigenvalue weighted by Gasteiger charge is -2.26. The lowest BCUT2D eigenvalue weighted by atomic mass is 9.81. The van der Waals surface area contributed by atoms with E-state index < -0.39 is 12.0 Å². The summed E-state index contributed by atoms with van der Waals surface area (Å²) in [6.45, 7) is 0. The van der Waals surface area contributed by atoms with Crippen LogP contribution in [0.25, 0.3) is 0 Å². The van der Waals surface area contributed by atoms with E-state index in [4.69, 9.17) is 0 Å². The quantitative estimate of drug-likeness (QED) is 0.650. The molecule has 1 heterocycles. The molecule has 21 heavy (non-hydrogen) atoms. The maximum atomic E-state index is 12.2. The number of fused-ring (bicyclic) bond motifs is 1. The summed E-state index contributed by atoms with van der Waals surface area (Å²) in [7, 11) is 1.50. The Balaban J connectivity index is 1.81. The molecule has 2 aliphatic rings. The van der Waals surface area contributed by atoms with Crippen molar-refractivity contribution in [2.24, 2.45) is 11.8 Å². The summed E-state index contributed by atoms with van der Waals surface area (Å²) in [5.41, 5.74) is 0.540. The number of imide groups is 1. The minimum Gasteiger partial charge on any atom is -0.345 e. The smallest absolute Gasteiger partial charge is 0.251 e. The Labute approximate surface area is 122 Å². The van der Waals surface area contributed by atoms with Gasteiger partial charge in [0.1, 0.15) is 0 Å². The van der Waals surface area contributed by atoms with Crippen LogP contribution in [0.3, 0.4) is 0 Å². The van der Waals surface area contributed by atoms with Gasteiger partial charge in [-0.1, -0.05) is 30.4 Å². The lowest BCUT2D eigenvalue weighted by Crippen LogP contribution is -2.45. The van der Waals surface area contributed by atoms with Gasteiger partial charge in [0.25, 0.3) is 5.91 Å². The van der Waals surface area contributed by atoms with Gasteiger partial charge >= 0.3 is 0 Å². The molecular weight excluding hydrogens is 268 g/mol. The molecule has 0 saturated carbocycles. The summed E-state index contributed by atoms with van der Waals surface area (Å²) in [6, 6.07) is 8.40. The number of carbonyl (C=O) groups is 3. The summed E-state index contributed by atoms with van der Waals surface area (Å²) in [4.78, 5) is 37.6. The molecule has 1 aromatic carbocycles. The number of nitrogens with one attached hydrogen (secondary N) is 1. The molecule has 3 amide bonds. The second kappa shape index (κ2) is 5.16. The highest BCUT2D eigenvalue weighted by Gasteiger charge is 2.49. The normalized spacial score (nSPS) is 27.7. The van der Waals surface area contributed by atoms with Crippen LogP contribution in [0.2, 0.25) is 0 Å². The number of amides is 3. The van der Waals surface area contributed by atoms with Crippen LogP contribution in [-0.4, -0.2) is 35.7 Å². The van der Waals surface area contributed by atoms with Crippen molar-refractivity contribution in [2.75, 3.05) is 7.05 Å². The summed E-state index contributed by atoms with van der Waals surface area (Å²) in [5, 5.41) is 2.85. The van der Waals surface area contributed by atoms with Crippen molar-refractivity contribution in [3.8, 4) is 0 Å². The van der Waals surface area contributed by atoms with Crippen LogP contribution in [0.1, 0.15) is 16.8 Å². The molecule has 1 fully saturated rings. The fraction of sp³-hybridized carbons (Fsp3) is 0.312. The van der Waals surface area contributed by atoms with Crippen LogP contribution in [0, 0.1) is 11.8 Å². The number of allylic oxidation sites excluding steroid dienone is 1. The highest BCUT2D eigenvalue weighted by atomic mass is 16.2. The Bertz CT molecular complexity index is 624. The number of hydrogen-bond donors (Lipinski definition) is 1. The van der Waals surface area contributed by atoms with E-state index in [2.05, 4.69) is 5.32 Å². The molecule has 1 N–H and O–H groups in total. The minimum atomic E-state index is -0.486. The van der Waals surface area contributed by atoms with Crippen molar-refractivity contribution in [2.45, 2.75) is 12.5 Å². The van der Waals surface area contributed by atoms with Crippen LogP contribution in [0.4, 0.5) is 0 Å². The lowest BCUT2D eigenvalue weighted by molar-refractivity contribution is -0.138. The van der Waals surface area contributed by atoms with E-state index in [-0.39, 0.29) is 23.6 Å². The third-order valence-electron chi connectivity index (χ3n) is 4.15. The van der Waals surface area contributed by atoms with Gasteiger partial charge in [-0.15, -0.1) is 0 Å². The zero-order chi connectivity index (χ0) is 15.0. The molecule has 0 unspecified atom stereocenters. The third-order valence-corrected chi connectivity index (χ3v) is 4.15. The number of carbonyl (C=O) groups excluding carboxylic acids is 3. The number of nitrogens with zero attached hydrogens (tertiary/aromatic N) is 1. The van der Waals surface area contributed by atoms with Gasteiger partial charge < -0.3 is 5.32 Å². The predicted molar refractivity (Wildman–Crippen MR) is 76.2 cm³/mol. The molecule has 3 rings (SSSR count). The molecule has 1 aliphatic heterocycles. The summed E-state index contributed by atoms with van der Waals surface area (Å²) in [5.74, 6) is -1.45. The van der Waals surface area contributed by atoms with Gasteiger partial charge in [-0.2, -0.15) is 0 Å². The molecule has 3 atom stereocenters. The molecule has 0 bridgehead atoms. The predicted octanol–water partition coefficient (Wildman–Crippen LogP) is 0.976. The average molecular weight is 284 g/mol. The van der Waals surface area contributed by atoms with Crippen molar-refractivity contribution in [3.63, 3.8) is 0 Å². The largest absolute Gasteiger partial charge is 0.345 e. The Morgan fingerprint density at radius 1 is 1.19 bits per heavy atom. The van der Waals surface area contributed by atoms with Crippen LogP contribution in [-0.2, 0) is 9.59 Å². The highest BCUT2D eigenvalue weighted by Crippen LogP contribution is 2.34. The minimum absolute atomic E-state index is 0.159. The monoisotopic (exact) mass is 284 g/mol. The maximum absolute atomic E-state index is 12.2. The number of rotatable bonds is 2. The zero-order valence-corrected chi connectivity index (χ0v) is 11.7. The first-order chi connectivity index (χ1) is 10.1. The van der Waals surface area contributed by atoms with Gasteiger partial charge in [-0.3, -0.25) is 19.3 Å². The summed E-state index contributed by atoms with van der Waals surface area (Å²) in [6.07, 6.45) is 4.23. The SMILES string of the molecule is CN1C(=O)[C@H]2[C@H](CC=C[C@H]2NC(=O)c2ccccc2)C1=O. The van der Waals surface area contributed by atoms with Crippen molar-refractivity contribution < 1.29 is 14.4 Å². The average Bonchev–Trinajstić information content (AvgIpc) is 2.74. The fourth-order valence-corrected chi connectivity index (χ4v) is 3.01. The molecule has 1 aliphatic carbocycles. The van der Waals surface area contributed by atoms with E-state index >= 15 is 0 Å². The summed E-state index contributed by atoms with van der Waals surface area (Å²) >= 11 is 0. The second-order valence-electron chi connectivity index (χ2n) is 5.40. The Hall–Kier alpha value is -2.43. The van der Waals surface area contributed by atoms with Gasteiger partial charge in [-0.05, 0) is 18.6 Å². The topological polar surface area (TPSA) is 66.5 Å². The molecule has 0 aromatic heterocycles. The first kappa shape index (κ1) is 13.5. The molecular formula is C16H16N2O3. The molecule has 1 saturated heterocycles. The van der Waals surface area contributed by atoms with E-state index in [1.165, 1.54) is 11.9 Å². The fourth-order valence-electron chi connectivity index (χ4n) is 3.01. The molecule has 108 valence electrons. The number of likely N-dealkylation sites (tertiary alicyclic amines) is 1. The summed E-state index contributed by atoms with van der Waals surface area (Å²) < 4.78 is 0. The molecule has 0 spiro atoms. The molecule has 1 aromatic rings. The van der Waals surface area contributed by atoms with Crippen LogP contribution in [0.15, 0.2) is 42.5 Å². The van der Waals surface area contributed by atoms with Crippen LogP contribution in [0.5, 0.6) is 0 Å². The van der Waals surface area contributed by atoms with Crippen molar-refractivity contribution in [1.82, 2.24) is 10.2 Å². The second-order valence-corrected chi connectivity index (χ2v) is 5.40. The Morgan fingerprint density at radius 2 is 1.90 bits per heavy atom. The van der Waals surface area contributed by atoms with Crippen LogP contribution < -0.4 is 5.32 Å². The first-order valence-electron chi connectivity index (χ1n) is 6.93. The Morgan fingerprint density at radius 3 is 2.62 bits per heavy atom. The zero-order valence-electron chi connectivity index (χ0n) is 11.7. The van der Waals surface area contributed by atoms with E-state index in [1.54, 1.807) is 24.3 Å². The van der Waals surface area contributed by atoms with Gasteiger partial charge in [-0.25, -0.2) is 0 Å². The standard InChI is InChI=1S/C16H16N2O3/c1-18-15(20)11-8-5-9-12(13(11)16(18)21)17-14(19)10-6-3-2-4-7-10/h2-7,9,11-13H,8H2,1H3,(H,17,19)/t11-,12+,13-/m0/s1. The third kappa shape index (κ3) is 2.24. The van der Waals surface area contributed by atoms with Crippen molar-refractivity contribution in [3.05, 3.63) is 48.0 Å². The van der Waals surface area contributed by atoms with Crippen LogP contribution >= 0.6 is 0 Å². The van der Waals surface area contributed by atoms with Gasteiger partial charge in [0.15, 0.2) is 0 Å². The maximum Gasteiger partial charge on any atom is 0.251 e.